The summed E-state index contributed by atoms with van der Waals surface area (Å²) >= 11 is 3.26. The van der Waals surface area contributed by atoms with Gasteiger partial charge in [0, 0.05) is 21.2 Å². The normalized spacial score (nSPS) is 10.5. The number of hydrogen-bond acceptors (Lipinski definition) is 5. The second-order valence-electron chi connectivity index (χ2n) is 4.43. The Bertz CT molecular complexity index is 777. The van der Waals surface area contributed by atoms with Gasteiger partial charge in [-0.15, -0.1) is 0 Å². The zero-order chi connectivity index (χ0) is 16.8. The van der Waals surface area contributed by atoms with Crippen molar-refractivity contribution in [1.29, 1.82) is 0 Å². The molecule has 0 radical (unpaired) electrons. The molecule has 23 heavy (non-hydrogen) atoms. The Balaban J connectivity index is 2.07. The Morgan fingerprint density at radius 1 is 1.09 bits per heavy atom. The lowest BCUT2D eigenvalue weighted by Crippen LogP contribution is -2.21. The van der Waals surface area contributed by atoms with Crippen LogP contribution in [0.1, 0.15) is 26.3 Å². The molecule has 0 atom stereocenters. The summed E-state index contributed by atoms with van der Waals surface area (Å²) in [4.78, 5) is 23.3. The van der Waals surface area contributed by atoms with Gasteiger partial charge in [0.1, 0.15) is 5.75 Å². The molecular formula is C15H12BrN3O4. The first-order chi connectivity index (χ1) is 11.0. The number of halogens is 1. The first kappa shape index (κ1) is 16.7. The summed E-state index contributed by atoms with van der Waals surface area (Å²) in [6.45, 7) is 0. The average Bonchev–Trinajstić information content (AvgIpc) is 2.56. The van der Waals surface area contributed by atoms with Gasteiger partial charge in [-0.1, -0.05) is 6.07 Å². The van der Waals surface area contributed by atoms with Crippen molar-refractivity contribution in [3.8, 4) is 5.75 Å². The van der Waals surface area contributed by atoms with Gasteiger partial charge in [-0.25, -0.2) is 10.9 Å². The second-order valence-corrected chi connectivity index (χ2v) is 5.28. The van der Waals surface area contributed by atoms with E-state index in [2.05, 4.69) is 26.5 Å². The van der Waals surface area contributed by atoms with Crippen LogP contribution >= 0.6 is 15.9 Å². The van der Waals surface area contributed by atoms with Crippen molar-refractivity contribution in [2.45, 2.75) is 0 Å². The number of hydroxylamine groups is 1. The van der Waals surface area contributed by atoms with Crippen molar-refractivity contribution in [3.63, 3.8) is 0 Å². The van der Waals surface area contributed by atoms with Gasteiger partial charge in [-0.2, -0.15) is 5.10 Å². The number of benzene rings is 2. The van der Waals surface area contributed by atoms with E-state index in [0.717, 1.165) is 0 Å². The molecule has 0 aromatic heterocycles. The zero-order valence-electron chi connectivity index (χ0n) is 11.7. The van der Waals surface area contributed by atoms with Crippen LogP contribution in [0.15, 0.2) is 52.0 Å². The number of rotatable bonds is 4. The highest BCUT2D eigenvalue weighted by Gasteiger charge is 2.09. The molecule has 8 heteroatoms. The molecule has 2 aromatic carbocycles. The van der Waals surface area contributed by atoms with Gasteiger partial charge in [-0.3, -0.25) is 14.8 Å². The van der Waals surface area contributed by atoms with Crippen molar-refractivity contribution >= 4 is 34.0 Å². The highest BCUT2D eigenvalue weighted by atomic mass is 79.9. The third kappa shape index (κ3) is 4.38. The van der Waals surface area contributed by atoms with Crippen molar-refractivity contribution in [1.82, 2.24) is 10.9 Å². The van der Waals surface area contributed by atoms with Crippen molar-refractivity contribution in [3.05, 3.63) is 63.6 Å². The molecule has 118 valence electrons. The van der Waals surface area contributed by atoms with E-state index < -0.39 is 11.8 Å². The van der Waals surface area contributed by atoms with Gasteiger partial charge in [0.2, 0.25) is 0 Å². The predicted molar refractivity (Wildman–Crippen MR) is 86.6 cm³/mol. The molecule has 4 N–H and O–H groups in total. The number of carbonyl (C=O) groups excluding carboxylic acids is 2. The van der Waals surface area contributed by atoms with E-state index in [1.54, 1.807) is 6.07 Å². The third-order valence-electron chi connectivity index (χ3n) is 2.84. The fourth-order valence-electron chi connectivity index (χ4n) is 1.71. The fraction of sp³-hybridized carbons (Fsp3) is 0. The SMILES string of the molecule is O=C(NO)c1cccc(C(=O)N/N=C/c2ccc(O)cc2Br)c1. The van der Waals surface area contributed by atoms with Crippen molar-refractivity contribution in [2.24, 2.45) is 5.10 Å². The van der Waals surface area contributed by atoms with Gasteiger partial charge in [0.15, 0.2) is 0 Å². The molecule has 7 nitrogen and oxygen atoms in total. The molecule has 0 bridgehead atoms. The van der Waals surface area contributed by atoms with Gasteiger partial charge in [0.05, 0.1) is 6.21 Å². The van der Waals surface area contributed by atoms with Crippen molar-refractivity contribution in [2.75, 3.05) is 0 Å². The maximum Gasteiger partial charge on any atom is 0.274 e. The number of phenols is 1. The summed E-state index contributed by atoms with van der Waals surface area (Å²) in [7, 11) is 0. The maximum atomic E-state index is 12.0. The molecule has 0 saturated carbocycles. The summed E-state index contributed by atoms with van der Waals surface area (Å²) in [5, 5.41) is 21.7. The lowest BCUT2D eigenvalue weighted by Gasteiger charge is -2.03. The Morgan fingerprint density at radius 2 is 1.78 bits per heavy atom. The number of carbonyl (C=O) groups is 2. The van der Waals surface area contributed by atoms with E-state index in [4.69, 9.17) is 5.21 Å². The minimum atomic E-state index is -0.712. The number of nitrogens with zero attached hydrogens (tertiary/aromatic N) is 1. The highest BCUT2D eigenvalue weighted by Crippen LogP contribution is 2.20. The summed E-state index contributed by atoms with van der Waals surface area (Å²) in [5.41, 5.74) is 4.85. The molecule has 0 spiro atoms. The molecule has 0 aliphatic rings. The summed E-state index contributed by atoms with van der Waals surface area (Å²) in [6.07, 6.45) is 1.41. The molecular weight excluding hydrogens is 366 g/mol. The van der Waals surface area contributed by atoms with Gasteiger partial charge >= 0.3 is 0 Å². The topological polar surface area (TPSA) is 111 Å². The largest absolute Gasteiger partial charge is 0.508 e. The third-order valence-corrected chi connectivity index (χ3v) is 3.53. The first-order valence-electron chi connectivity index (χ1n) is 6.37. The summed E-state index contributed by atoms with van der Waals surface area (Å²) in [6, 6.07) is 10.4. The van der Waals surface area contributed by atoms with Crippen LogP contribution in [0.2, 0.25) is 0 Å². The molecule has 2 rings (SSSR count). The summed E-state index contributed by atoms with van der Waals surface area (Å²) < 4.78 is 0.622. The number of hydrogen-bond donors (Lipinski definition) is 4. The van der Waals surface area contributed by atoms with E-state index in [1.165, 1.54) is 48.1 Å². The molecule has 0 heterocycles. The van der Waals surface area contributed by atoms with Crippen LogP contribution < -0.4 is 10.9 Å². The van der Waals surface area contributed by atoms with E-state index in [-0.39, 0.29) is 16.9 Å². The summed E-state index contributed by atoms with van der Waals surface area (Å²) in [5.74, 6) is -1.11. The minimum absolute atomic E-state index is 0.108. The Kier molecular flexibility index (Phi) is 5.45. The zero-order valence-corrected chi connectivity index (χ0v) is 13.2. The Labute approximate surface area is 139 Å². The van der Waals surface area contributed by atoms with Gasteiger partial charge in [0.25, 0.3) is 11.8 Å². The highest BCUT2D eigenvalue weighted by molar-refractivity contribution is 9.10. The van der Waals surface area contributed by atoms with E-state index in [9.17, 15) is 14.7 Å². The van der Waals surface area contributed by atoms with E-state index in [1.807, 2.05) is 0 Å². The Morgan fingerprint density at radius 3 is 2.43 bits per heavy atom. The molecule has 0 unspecified atom stereocenters. The lowest BCUT2D eigenvalue weighted by atomic mass is 10.1. The van der Waals surface area contributed by atoms with Crippen molar-refractivity contribution < 1.29 is 19.9 Å². The van der Waals surface area contributed by atoms with Crippen LogP contribution in [0, 0.1) is 0 Å². The van der Waals surface area contributed by atoms with E-state index in [0.29, 0.717) is 10.0 Å². The number of aromatic hydroxyl groups is 1. The van der Waals surface area contributed by atoms with Crippen LogP contribution in [0.25, 0.3) is 0 Å². The predicted octanol–water partition coefficient (Wildman–Crippen LogP) is 2.04. The molecule has 2 amide bonds. The van der Waals surface area contributed by atoms with Gasteiger partial charge in [-0.05, 0) is 52.3 Å². The minimum Gasteiger partial charge on any atom is -0.508 e. The quantitative estimate of drug-likeness (QED) is 0.371. The molecule has 0 aliphatic heterocycles. The number of phenolic OH excluding ortho intramolecular Hbond substituents is 1. The standard InChI is InChI=1S/C15H12BrN3O4/c16-13-7-12(20)5-4-11(13)8-17-18-14(21)9-2-1-3-10(6-9)15(22)19-23/h1-8,20,23H,(H,18,21)(H,19,22)/b17-8+. The van der Waals surface area contributed by atoms with Crippen LogP contribution in [0.5, 0.6) is 5.75 Å². The van der Waals surface area contributed by atoms with Crippen LogP contribution in [0.3, 0.4) is 0 Å². The monoisotopic (exact) mass is 377 g/mol. The Hall–Kier alpha value is -2.71. The van der Waals surface area contributed by atoms with Crippen LogP contribution in [0.4, 0.5) is 0 Å². The van der Waals surface area contributed by atoms with Gasteiger partial charge < -0.3 is 5.11 Å². The number of nitrogens with one attached hydrogen (secondary N) is 2. The first-order valence-corrected chi connectivity index (χ1v) is 7.17. The van der Waals surface area contributed by atoms with Crippen LogP contribution in [-0.2, 0) is 0 Å². The van der Waals surface area contributed by atoms with E-state index >= 15 is 0 Å². The smallest absolute Gasteiger partial charge is 0.274 e. The van der Waals surface area contributed by atoms with Crippen LogP contribution in [-0.4, -0.2) is 28.3 Å². The lowest BCUT2D eigenvalue weighted by molar-refractivity contribution is 0.0706. The fourth-order valence-corrected chi connectivity index (χ4v) is 2.18. The number of amides is 2. The molecule has 0 fully saturated rings. The molecule has 0 saturated heterocycles. The second kappa shape index (κ2) is 7.52. The average molecular weight is 378 g/mol. The molecule has 2 aromatic rings. The maximum absolute atomic E-state index is 12.0. The number of hydrazone groups is 1. The molecule has 0 aliphatic carbocycles.